The van der Waals surface area contributed by atoms with Crippen molar-refractivity contribution >= 4 is 0 Å². The molecule has 0 aromatic heterocycles. The second kappa shape index (κ2) is 7.55. The van der Waals surface area contributed by atoms with Crippen LogP contribution in [0.4, 0.5) is 0 Å². The van der Waals surface area contributed by atoms with Crippen LogP contribution < -0.4 is 23.6 Å². The Morgan fingerprint density at radius 3 is 2.15 bits per heavy atom. The third-order valence-electron chi connectivity index (χ3n) is 3.15. The first-order valence-electron chi connectivity index (χ1n) is 6.42. The molecule has 0 amide bonds. The van der Waals surface area contributed by atoms with E-state index in [4.69, 9.17) is 9.47 Å². The SMILES string of the molecule is COCOc1ccc(C)cc1-c1cc(C)ccc1C.[H-].[Li+]. The Bertz CT molecular complexity index is 585. The standard InChI is InChI=1S/C17H20O2.Li.H/c1-12-5-7-14(3)15(9-12)16-10-13(2)6-8-17(16)19-11-18-4;;/h5-10H,11H2,1-4H3;;/q;+1;-1. The van der Waals surface area contributed by atoms with Crippen molar-refractivity contribution in [1.82, 2.24) is 0 Å². The van der Waals surface area contributed by atoms with Crippen molar-refractivity contribution < 1.29 is 29.8 Å². The molecule has 2 nitrogen and oxygen atoms in total. The van der Waals surface area contributed by atoms with Crippen LogP contribution in [-0.4, -0.2) is 13.9 Å². The molecule has 0 bridgehead atoms. The molecular formula is C17H21LiO2. The summed E-state index contributed by atoms with van der Waals surface area (Å²) in [4.78, 5) is 0. The van der Waals surface area contributed by atoms with Crippen LogP contribution in [0.1, 0.15) is 18.1 Å². The number of hydrogen-bond acceptors (Lipinski definition) is 2. The van der Waals surface area contributed by atoms with Gasteiger partial charge in [-0.2, -0.15) is 0 Å². The minimum absolute atomic E-state index is 0. The molecule has 0 radical (unpaired) electrons. The van der Waals surface area contributed by atoms with Crippen LogP contribution in [0.25, 0.3) is 11.1 Å². The zero-order valence-electron chi connectivity index (χ0n) is 14.0. The van der Waals surface area contributed by atoms with E-state index >= 15 is 0 Å². The Kier molecular flexibility index (Phi) is 6.36. The predicted molar refractivity (Wildman–Crippen MR) is 79.7 cm³/mol. The third-order valence-corrected chi connectivity index (χ3v) is 3.15. The second-order valence-electron chi connectivity index (χ2n) is 4.87. The van der Waals surface area contributed by atoms with Crippen LogP contribution in [0.5, 0.6) is 5.75 Å². The molecule has 2 rings (SSSR count). The Morgan fingerprint density at radius 2 is 1.50 bits per heavy atom. The maximum Gasteiger partial charge on any atom is 1.00 e. The molecule has 0 N–H and O–H groups in total. The van der Waals surface area contributed by atoms with Gasteiger partial charge in [-0.1, -0.05) is 35.4 Å². The molecule has 2 aromatic rings. The predicted octanol–water partition coefficient (Wildman–Crippen LogP) is 1.38. The van der Waals surface area contributed by atoms with E-state index in [0.29, 0.717) is 0 Å². The fourth-order valence-corrected chi connectivity index (χ4v) is 2.13. The molecular weight excluding hydrogens is 243 g/mol. The molecule has 0 aliphatic carbocycles. The summed E-state index contributed by atoms with van der Waals surface area (Å²) in [7, 11) is 1.63. The fourth-order valence-electron chi connectivity index (χ4n) is 2.13. The molecule has 0 spiro atoms. The van der Waals surface area contributed by atoms with Gasteiger partial charge in [-0.25, -0.2) is 0 Å². The first kappa shape index (κ1) is 16.9. The molecule has 3 heteroatoms. The summed E-state index contributed by atoms with van der Waals surface area (Å²) >= 11 is 0. The van der Waals surface area contributed by atoms with Crippen LogP contribution >= 0.6 is 0 Å². The van der Waals surface area contributed by atoms with Gasteiger partial charge in [-0.15, -0.1) is 0 Å². The number of aryl methyl sites for hydroxylation is 3. The van der Waals surface area contributed by atoms with Crippen LogP contribution in [0.3, 0.4) is 0 Å². The second-order valence-corrected chi connectivity index (χ2v) is 4.87. The van der Waals surface area contributed by atoms with Crippen LogP contribution in [0.2, 0.25) is 0 Å². The Hall–Kier alpha value is -1.20. The minimum atomic E-state index is 0. The Morgan fingerprint density at radius 1 is 0.900 bits per heavy atom. The van der Waals surface area contributed by atoms with E-state index in [1.165, 1.54) is 22.3 Å². The van der Waals surface area contributed by atoms with Gasteiger partial charge < -0.3 is 10.9 Å². The summed E-state index contributed by atoms with van der Waals surface area (Å²) in [5, 5.41) is 0. The zero-order chi connectivity index (χ0) is 13.8. The third kappa shape index (κ3) is 3.90. The molecule has 0 unspecified atom stereocenters. The van der Waals surface area contributed by atoms with Gasteiger partial charge in [0.1, 0.15) is 5.75 Å². The first-order chi connectivity index (χ1) is 9.11. The molecule has 102 valence electrons. The molecule has 0 fully saturated rings. The van der Waals surface area contributed by atoms with Crippen LogP contribution in [0.15, 0.2) is 36.4 Å². The van der Waals surface area contributed by atoms with Crippen molar-refractivity contribution in [3.63, 3.8) is 0 Å². The number of ether oxygens (including phenoxy) is 2. The zero-order valence-corrected chi connectivity index (χ0v) is 13.0. The fraction of sp³-hybridized carbons (Fsp3) is 0.294. The maximum absolute atomic E-state index is 5.67. The number of benzene rings is 2. The largest absolute Gasteiger partial charge is 1.00 e. The maximum atomic E-state index is 5.67. The first-order valence-corrected chi connectivity index (χ1v) is 6.42. The summed E-state index contributed by atoms with van der Waals surface area (Å²) in [6, 6.07) is 12.7. The van der Waals surface area contributed by atoms with E-state index in [-0.39, 0.29) is 27.1 Å². The summed E-state index contributed by atoms with van der Waals surface area (Å²) in [5.74, 6) is 0.862. The van der Waals surface area contributed by atoms with E-state index in [9.17, 15) is 0 Å². The van der Waals surface area contributed by atoms with Gasteiger partial charge in [-0.3, -0.25) is 0 Å². The molecule has 20 heavy (non-hydrogen) atoms. The average molecular weight is 264 g/mol. The van der Waals surface area contributed by atoms with Crippen molar-refractivity contribution in [3.05, 3.63) is 53.1 Å². The van der Waals surface area contributed by atoms with E-state index in [1.807, 2.05) is 6.07 Å². The van der Waals surface area contributed by atoms with Crippen molar-refractivity contribution in [2.45, 2.75) is 20.8 Å². The van der Waals surface area contributed by atoms with Gasteiger partial charge in [0.05, 0.1) is 0 Å². The number of rotatable bonds is 4. The number of hydrogen-bond donors (Lipinski definition) is 0. The molecule has 0 atom stereocenters. The van der Waals surface area contributed by atoms with Gasteiger partial charge in [0.2, 0.25) is 0 Å². The summed E-state index contributed by atoms with van der Waals surface area (Å²) in [5.41, 5.74) is 6.06. The molecule has 0 aliphatic heterocycles. The van der Waals surface area contributed by atoms with Gasteiger partial charge >= 0.3 is 18.9 Å². The average Bonchev–Trinajstić information content (AvgIpc) is 2.40. The molecule has 2 aromatic carbocycles. The summed E-state index contributed by atoms with van der Waals surface area (Å²) in [6.45, 7) is 6.58. The normalized spacial score (nSPS) is 10.0. The Labute approximate surface area is 134 Å². The summed E-state index contributed by atoms with van der Waals surface area (Å²) < 4.78 is 10.7. The molecule has 0 heterocycles. The van der Waals surface area contributed by atoms with E-state index in [0.717, 1.165) is 11.3 Å². The van der Waals surface area contributed by atoms with Gasteiger partial charge in [0, 0.05) is 12.7 Å². The van der Waals surface area contributed by atoms with Crippen molar-refractivity contribution in [2.24, 2.45) is 0 Å². The minimum Gasteiger partial charge on any atom is -1.00 e. The molecule has 0 saturated carbocycles. The quantitative estimate of drug-likeness (QED) is 0.613. The van der Waals surface area contributed by atoms with E-state index in [2.05, 4.69) is 51.1 Å². The summed E-state index contributed by atoms with van der Waals surface area (Å²) in [6.07, 6.45) is 0. The van der Waals surface area contributed by atoms with E-state index in [1.54, 1.807) is 7.11 Å². The monoisotopic (exact) mass is 264 g/mol. The smallest absolute Gasteiger partial charge is 1.00 e. The topological polar surface area (TPSA) is 18.5 Å². The van der Waals surface area contributed by atoms with Gasteiger partial charge in [0.25, 0.3) is 0 Å². The van der Waals surface area contributed by atoms with Gasteiger partial charge in [-0.05, 0) is 44.0 Å². The molecule has 0 saturated heterocycles. The van der Waals surface area contributed by atoms with Gasteiger partial charge in [0.15, 0.2) is 6.79 Å². The van der Waals surface area contributed by atoms with E-state index < -0.39 is 0 Å². The number of methoxy groups -OCH3 is 1. The van der Waals surface area contributed by atoms with Crippen molar-refractivity contribution in [1.29, 1.82) is 0 Å². The van der Waals surface area contributed by atoms with Crippen molar-refractivity contribution in [3.8, 4) is 16.9 Å². The van der Waals surface area contributed by atoms with Crippen molar-refractivity contribution in [2.75, 3.05) is 13.9 Å². The molecule has 0 aliphatic rings. The Balaban J connectivity index is 0.00000200. The van der Waals surface area contributed by atoms with Crippen LogP contribution in [-0.2, 0) is 4.74 Å². The van der Waals surface area contributed by atoms with Crippen LogP contribution in [0, 0.1) is 20.8 Å².